The van der Waals surface area contributed by atoms with Crippen LogP contribution in [-0.2, 0) is 11.8 Å². The van der Waals surface area contributed by atoms with Crippen LogP contribution in [0.4, 0.5) is 0 Å². The average Bonchev–Trinajstić information content (AvgIpc) is 2.74. The number of thiazole rings is 1. The summed E-state index contributed by atoms with van der Waals surface area (Å²) in [6.45, 7) is 5.56. The quantitative estimate of drug-likeness (QED) is 0.857. The van der Waals surface area contributed by atoms with Crippen LogP contribution in [0.1, 0.15) is 20.8 Å². The van der Waals surface area contributed by atoms with Crippen molar-refractivity contribution in [1.29, 1.82) is 0 Å². The van der Waals surface area contributed by atoms with E-state index in [4.69, 9.17) is 9.47 Å². The minimum atomic E-state index is -0.503. The molecular formula is C15H20N2O3S. The summed E-state index contributed by atoms with van der Waals surface area (Å²) < 4.78 is 13.6. The molecule has 0 saturated heterocycles. The van der Waals surface area contributed by atoms with Gasteiger partial charge in [0.1, 0.15) is 21.7 Å². The largest absolute Gasteiger partial charge is 0.495 e. The summed E-state index contributed by atoms with van der Waals surface area (Å²) in [6.07, 6.45) is 0. The van der Waals surface area contributed by atoms with Gasteiger partial charge in [0, 0.05) is 12.5 Å². The number of hydrogen-bond donors (Lipinski definition) is 0. The lowest BCUT2D eigenvalue weighted by molar-refractivity contribution is -0.125. The number of amides is 1. The molecule has 1 aromatic carbocycles. The van der Waals surface area contributed by atoms with Crippen molar-refractivity contribution in [2.45, 2.75) is 20.8 Å². The van der Waals surface area contributed by atoms with Gasteiger partial charge in [0.2, 0.25) is 0 Å². The highest BCUT2D eigenvalue weighted by atomic mass is 32.1. The second-order valence-corrected chi connectivity index (χ2v) is 6.74. The zero-order valence-corrected chi connectivity index (χ0v) is 14.0. The van der Waals surface area contributed by atoms with E-state index in [0.29, 0.717) is 4.80 Å². The molecule has 0 N–H and O–H groups in total. The lowest BCUT2D eigenvalue weighted by Gasteiger charge is -2.11. The van der Waals surface area contributed by atoms with Gasteiger partial charge in [-0.25, -0.2) is 0 Å². The summed E-state index contributed by atoms with van der Waals surface area (Å²) in [7, 11) is 5.11. The monoisotopic (exact) mass is 308 g/mol. The smallest absolute Gasteiger partial charge is 0.253 e. The number of methoxy groups -OCH3 is 2. The van der Waals surface area contributed by atoms with Crippen molar-refractivity contribution < 1.29 is 14.3 Å². The SMILES string of the molecule is COc1ccc(OC)c2c1sc(=NC(=O)C(C)(C)C)n2C. The van der Waals surface area contributed by atoms with Gasteiger partial charge in [0.15, 0.2) is 4.80 Å². The highest BCUT2D eigenvalue weighted by Gasteiger charge is 2.21. The Labute approximate surface area is 127 Å². The van der Waals surface area contributed by atoms with Crippen LogP contribution in [-0.4, -0.2) is 24.7 Å². The molecule has 1 heterocycles. The van der Waals surface area contributed by atoms with Crippen LogP contribution >= 0.6 is 11.3 Å². The Bertz CT molecular complexity index is 751. The number of ether oxygens (including phenoxy) is 2. The van der Waals surface area contributed by atoms with E-state index < -0.39 is 5.41 Å². The summed E-state index contributed by atoms with van der Waals surface area (Å²) in [5, 5.41) is 0. The molecule has 0 radical (unpaired) electrons. The Hall–Kier alpha value is -1.82. The molecule has 1 amide bonds. The molecule has 21 heavy (non-hydrogen) atoms. The number of carbonyl (C=O) groups is 1. The number of carbonyl (C=O) groups excluding carboxylic acids is 1. The first-order valence-corrected chi connectivity index (χ1v) is 7.41. The van der Waals surface area contributed by atoms with Crippen molar-refractivity contribution in [3.05, 3.63) is 16.9 Å². The van der Waals surface area contributed by atoms with Crippen LogP contribution in [0.2, 0.25) is 0 Å². The topological polar surface area (TPSA) is 52.8 Å². The van der Waals surface area contributed by atoms with Crippen LogP contribution in [0.15, 0.2) is 17.1 Å². The molecule has 5 nitrogen and oxygen atoms in total. The zero-order valence-electron chi connectivity index (χ0n) is 13.2. The minimum absolute atomic E-state index is 0.150. The van der Waals surface area contributed by atoms with E-state index in [1.54, 1.807) is 14.2 Å². The van der Waals surface area contributed by atoms with Crippen molar-refractivity contribution in [3.8, 4) is 11.5 Å². The van der Waals surface area contributed by atoms with Crippen molar-refractivity contribution in [1.82, 2.24) is 4.57 Å². The molecule has 2 rings (SSSR count). The lowest BCUT2D eigenvalue weighted by atomic mass is 9.96. The second kappa shape index (κ2) is 5.52. The molecule has 2 aromatic rings. The predicted octanol–water partition coefficient (Wildman–Crippen LogP) is 2.73. The molecular weight excluding hydrogens is 288 g/mol. The van der Waals surface area contributed by atoms with E-state index in [0.717, 1.165) is 21.7 Å². The molecule has 0 spiro atoms. The second-order valence-electron chi connectivity index (χ2n) is 5.76. The van der Waals surface area contributed by atoms with Gasteiger partial charge < -0.3 is 14.0 Å². The first-order chi connectivity index (χ1) is 9.79. The maximum Gasteiger partial charge on any atom is 0.253 e. The molecule has 0 aliphatic heterocycles. The van der Waals surface area contributed by atoms with Crippen LogP contribution in [0, 0.1) is 5.41 Å². The van der Waals surface area contributed by atoms with E-state index >= 15 is 0 Å². The fourth-order valence-corrected chi connectivity index (χ4v) is 3.01. The number of aryl methyl sites for hydroxylation is 1. The summed E-state index contributed by atoms with van der Waals surface area (Å²) in [5.41, 5.74) is 0.375. The molecule has 0 aliphatic rings. The van der Waals surface area contributed by atoms with Gasteiger partial charge in [-0.05, 0) is 12.1 Å². The molecule has 0 bridgehead atoms. The van der Waals surface area contributed by atoms with Gasteiger partial charge in [-0.3, -0.25) is 4.79 Å². The van der Waals surface area contributed by atoms with Crippen LogP contribution < -0.4 is 14.3 Å². The van der Waals surface area contributed by atoms with Gasteiger partial charge in [-0.15, -0.1) is 0 Å². The first kappa shape index (κ1) is 15.6. The predicted molar refractivity (Wildman–Crippen MR) is 83.9 cm³/mol. The summed E-state index contributed by atoms with van der Waals surface area (Å²) in [4.78, 5) is 17.0. The highest BCUT2D eigenvalue weighted by molar-refractivity contribution is 7.16. The third-order valence-corrected chi connectivity index (χ3v) is 4.30. The van der Waals surface area contributed by atoms with Crippen molar-refractivity contribution in [3.63, 3.8) is 0 Å². The van der Waals surface area contributed by atoms with Crippen molar-refractivity contribution in [2.24, 2.45) is 17.5 Å². The van der Waals surface area contributed by atoms with Gasteiger partial charge in [-0.1, -0.05) is 32.1 Å². The van der Waals surface area contributed by atoms with Crippen molar-refractivity contribution >= 4 is 27.5 Å². The summed E-state index contributed by atoms with van der Waals surface area (Å²) >= 11 is 1.42. The van der Waals surface area contributed by atoms with Crippen molar-refractivity contribution in [2.75, 3.05) is 14.2 Å². The van der Waals surface area contributed by atoms with Crippen LogP contribution in [0.3, 0.4) is 0 Å². The van der Waals surface area contributed by atoms with E-state index in [-0.39, 0.29) is 5.91 Å². The molecule has 114 valence electrons. The summed E-state index contributed by atoms with van der Waals surface area (Å²) in [6, 6.07) is 3.70. The fourth-order valence-electron chi connectivity index (χ4n) is 1.88. The van der Waals surface area contributed by atoms with Gasteiger partial charge in [0.05, 0.1) is 14.2 Å². The highest BCUT2D eigenvalue weighted by Crippen LogP contribution is 2.34. The number of fused-ring (bicyclic) bond motifs is 1. The number of benzene rings is 1. The minimum Gasteiger partial charge on any atom is -0.495 e. The van der Waals surface area contributed by atoms with E-state index in [1.807, 2.05) is 44.5 Å². The third kappa shape index (κ3) is 2.81. The van der Waals surface area contributed by atoms with Gasteiger partial charge in [0.25, 0.3) is 5.91 Å². The molecule has 0 fully saturated rings. The van der Waals surface area contributed by atoms with Gasteiger partial charge in [-0.2, -0.15) is 4.99 Å². The molecule has 0 aliphatic carbocycles. The fraction of sp³-hybridized carbons (Fsp3) is 0.467. The Balaban J connectivity index is 2.77. The normalized spacial score (nSPS) is 12.8. The van der Waals surface area contributed by atoms with E-state index in [1.165, 1.54) is 11.3 Å². The Morgan fingerprint density at radius 1 is 1.19 bits per heavy atom. The summed E-state index contributed by atoms with van der Waals surface area (Å²) in [5.74, 6) is 1.33. The van der Waals surface area contributed by atoms with E-state index in [2.05, 4.69) is 4.99 Å². The molecule has 6 heteroatoms. The number of rotatable bonds is 2. The molecule has 0 atom stereocenters. The Morgan fingerprint density at radius 2 is 1.76 bits per heavy atom. The maximum atomic E-state index is 12.1. The lowest BCUT2D eigenvalue weighted by Crippen LogP contribution is -2.22. The number of hydrogen-bond acceptors (Lipinski definition) is 4. The average molecular weight is 308 g/mol. The van der Waals surface area contributed by atoms with Gasteiger partial charge >= 0.3 is 0 Å². The van der Waals surface area contributed by atoms with Crippen LogP contribution in [0.25, 0.3) is 10.2 Å². The Morgan fingerprint density at radius 3 is 2.29 bits per heavy atom. The standard InChI is InChI=1S/C15H20N2O3S/c1-15(2,3)13(18)16-14-17(4)11-9(19-5)7-8-10(20-6)12(11)21-14/h7-8H,1-6H3. The first-order valence-electron chi connectivity index (χ1n) is 6.59. The zero-order chi connectivity index (χ0) is 15.8. The van der Waals surface area contributed by atoms with E-state index in [9.17, 15) is 4.79 Å². The maximum absolute atomic E-state index is 12.1. The molecule has 0 unspecified atom stereocenters. The molecule has 0 saturated carbocycles. The molecule has 1 aromatic heterocycles. The Kier molecular flexibility index (Phi) is 4.09. The third-order valence-electron chi connectivity index (χ3n) is 3.15. The number of nitrogens with zero attached hydrogens (tertiary/aromatic N) is 2. The van der Waals surface area contributed by atoms with Crippen LogP contribution in [0.5, 0.6) is 11.5 Å². The number of aromatic nitrogens is 1.